The van der Waals surface area contributed by atoms with Crippen LogP contribution in [0.25, 0.3) is 0 Å². The van der Waals surface area contributed by atoms with Crippen LogP contribution in [-0.4, -0.2) is 13.2 Å². The molecule has 1 aromatic carbocycles. The minimum absolute atomic E-state index is 0.362. The SMILES string of the molecule is COc1ccccc1CNC(C)Cc1ccco1. The third-order valence-electron chi connectivity index (χ3n) is 2.92. The molecule has 0 bridgehead atoms. The number of para-hydroxylation sites is 1. The molecule has 96 valence electrons. The van der Waals surface area contributed by atoms with Crippen LogP contribution in [0, 0.1) is 0 Å². The van der Waals surface area contributed by atoms with Crippen molar-refractivity contribution in [2.45, 2.75) is 25.9 Å². The molecule has 1 aromatic heterocycles. The quantitative estimate of drug-likeness (QED) is 0.849. The topological polar surface area (TPSA) is 34.4 Å². The Bertz CT molecular complexity index is 465. The van der Waals surface area contributed by atoms with Gasteiger partial charge in [0.25, 0.3) is 0 Å². The molecular weight excluding hydrogens is 226 g/mol. The van der Waals surface area contributed by atoms with Gasteiger partial charge in [-0.2, -0.15) is 0 Å². The predicted octanol–water partition coefficient (Wildman–Crippen LogP) is 3.01. The van der Waals surface area contributed by atoms with Crippen LogP contribution >= 0.6 is 0 Å². The second kappa shape index (κ2) is 6.26. The molecule has 2 aromatic rings. The van der Waals surface area contributed by atoms with Gasteiger partial charge in [-0.05, 0) is 25.1 Å². The number of methoxy groups -OCH3 is 1. The van der Waals surface area contributed by atoms with Crippen LogP contribution in [0.15, 0.2) is 47.1 Å². The van der Waals surface area contributed by atoms with Crippen molar-refractivity contribution >= 4 is 0 Å². The summed E-state index contributed by atoms with van der Waals surface area (Å²) in [6.45, 7) is 2.95. The van der Waals surface area contributed by atoms with E-state index < -0.39 is 0 Å². The summed E-state index contributed by atoms with van der Waals surface area (Å²) in [5.74, 6) is 1.94. The molecule has 3 nitrogen and oxygen atoms in total. The highest BCUT2D eigenvalue weighted by Gasteiger charge is 2.07. The van der Waals surface area contributed by atoms with Crippen molar-refractivity contribution in [1.82, 2.24) is 5.32 Å². The van der Waals surface area contributed by atoms with Gasteiger partial charge in [0.05, 0.1) is 13.4 Å². The zero-order chi connectivity index (χ0) is 12.8. The molecule has 2 rings (SSSR count). The summed E-state index contributed by atoms with van der Waals surface area (Å²) in [4.78, 5) is 0. The van der Waals surface area contributed by atoms with Crippen LogP contribution in [0.3, 0.4) is 0 Å². The zero-order valence-corrected chi connectivity index (χ0v) is 10.8. The van der Waals surface area contributed by atoms with E-state index in [4.69, 9.17) is 9.15 Å². The molecule has 0 saturated heterocycles. The Morgan fingerprint density at radius 1 is 1.22 bits per heavy atom. The maximum absolute atomic E-state index is 5.34. The molecule has 18 heavy (non-hydrogen) atoms. The number of hydrogen-bond acceptors (Lipinski definition) is 3. The summed E-state index contributed by atoms with van der Waals surface area (Å²) in [5.41, 5.74) is 1.17. The van der Waals surface area contributed by atoms with E-state index in [-0.39, 0.29) is 0 Å². The second-order valence-corrected chi connectivity index (χ2v) is 4.38. The van der Waals surface area contributed by atoms with Crippen LogP contribution in [0.4, 0.5) is 0 Å². The van der Waals surface area contributed by atoms with Gasteiger partial charge in [-0.1, -0.05) is 18.2 Å². The Labute approximate surface area is 108 Å². The van der Waals surface area contributed by atoms with Gasteiger partial charge < -0.3 is 14.5 Å². The summed E-state index contributed by atoms with van der Waals surface area (Å²) in [5, 5.41) is 3.47. The molecule has 0 amide bonds. The van der Waals surface area contributed by atoms with E-state index in [9.17, 15) is 0 Å². The highest BCUT2D eigenvalue weighted by atomic mass is 16.5. The van der Waals surface area contributed by atoms with Crippen molar-refractivity contribution < 1.29 is 9.15 Å². The smallest absolute Gasteiger partial charge is 0.123 e. The van der Waals surface area contributed by atoms with Crippen molar-refractivity contribution in [3.8, 4) is 5.75 Å². The normalized spacial score (nSPS) is 12.3. The average molecular weight is 245 g/mol. The zero-order valence-electron chi connectivity index (χ0n) is 10.8. The molecule has 1 heterocycles. The fraction of sp³-hybridized carbons (Fsp3) is 0.333. The standard InChI is InChI=1S/C15H19NO2/c1-12(10-14-7-5-9-18-14)16-11-13-6-3-4-8-15(13)17-2/h3-9,12,16H,10-11H2,1-2H3. The van der Waals surface area contributed by atoms with Gasteiger partial charge in [-0.3, -0.25) is 0 Å². The lowest BCUT2D eigenvalue weighted by molar-refractivity contribution is 0.403. The Hall–Kier alpha value is -1.74. The van der Waals surface area contributed by atoms with Crippen LogP contribution in [0.5, 0.6) is 5.75 Å². The monoisotopic (exact) mass is 245 g/mol. The number of furan rings is 1. The van der Waals surface area contributed by atoms with Crippen molar-refractivity contribution in [2.75, 3.05) is 7.11 Å². The average Bonchev–Trinajstić information content (AvgIpc) is 2.89. The molecule has 0 aliphatic carbocycles. The van der Waals surface area contributed by atoms with E-state index in [1.807, 2.05) is 30.3 Å². The number of rotatable bonds is 6. The fourth-order valence-electron chi connectivity index (χ4n) is 1.94. The van der Waals surface area contributed by atoms with Crippen molar-refractivity contribution in [3.05, 3.63) is 54.0 Å². The first-order valence-corrected chi connectivity index (χ1v) is 6.17. The van der Waals surface area contributed by atoms with E-state index in [2.05, 4.69) is 18.3 Å². The van der Waals surface area contributed by atoms with E-state index in [1.165, 1.54) is 5.56 Å². The van der Waals surface area contributed by atoms with Gasteiger partial charge in [-0.25, -0.2) is 0 Å². The number of ether oxygens (including phenoxy) is 1. The minimum atomic E-state index is 0.362. The number of benzene rings is 1. The lowest BCUT2D eigenvalue weighted by Gasteiger charge is -2.14. The highest BCUT2D eigenvalue weighted by Crippen LogP contribution is 2.17. The molecule has 0 aliphatic rings. The fourth-order valence-corrected chi connectivity index (χ4v) is 1.94. The Kier molecular flexibility index (Phi) is 4.42. The van der Waals surface area contributed by atoms with Crippen molar-refractivity contribution in [2.24, 2.45) is 0 Å². The lowest BCUT2D eigenvalue weighted by atomic mass is 10.1. The van der Waals surface area contributed by atoms with Crippen LogP contribution in [-0.2, 0) is 13.0 Å². The number of hydrogen-bond donors (Lipinski definition) is 1. The second-order valence-electron chi connectivity index (χ2n) is 4.38. The Balaban J connectivity index is 1.87. The van der Waals surface area contributed by atoms with Gasteiger partial charge in [0.1, 0.15) is 11.5 Å². The summed E-state index contributed by atoms with van der Waals surface area (Å²) in [6.07, 6.45) is 2.60. The van der Waals surface area contributed by atoms with E-state index >= 15 is 0 Å². The Morgan fingerprint density at radius 2 is 2.06 bits per heavy atom. The van der Waals surface area contributed by atoms with E-state index in [1.54, 1.807) is 13.4 Å². The van der Waals surface area contributed by atoms with Gasteiger partial charge in [0, 0.05) is 24.6 Å². The molecule has 1 unspecified atom stereocenters. The van der Waals surface area contributed by atoms with Gasteiger partial charge in [-0.15, -0.1) is 0 Å². The molecule has 3 heteroatoms. The maximum Gasteiger partial charge on any atom is 0.123 e. The molecule has 0 saturated carbocycles. The molecule has 1 N–H and O–H groups in total. The van der Waals surface area contributed by atoms with Gasteiger partial charge >= 0.3 is 0 Å². The van der Waals surface area contributed by atoms with E-state index in [0.717, 1.165) is 24.5 Å². The first-order valence-electron chi connectivity index (χ1n) is 6.17. The van der Waals surface area contributed by atoms with E-state index in [0.29, 0.717) is 6.04 Å². The van der Waals surface area contributed by atoms with Crippen molar-refractivity contribution in [3.63, 3.8) is 0 Å². The third-order valence-corrected chi connectivity index (χ3v) is 2.92. The molecule has 0 aliphatic heterocycles. The maximum atomic E-state index is 5.34. The first kappa shape index (κ1) is 12.7. The van der Waals surface area contributed by atoms with Gasteiger partial charge in [0.15, 0.2) is 0 Å². The lowest BCUT2D eigenvalue weighted by Crippen LogP contribution is -2.27. The first-order chi connectivity index (χ1) is 8.79. The number of nitrogens with one attached hydrogen (secondary N) is 1. The largest absolute Gasteiger partial charge is 0.496 e. The predicted molar refractivity (Wildman–Crippen MR) is 71.7 cm³/mol. The Morgan fingerprint density at radius 3 is 2.78 bits per heavy atom. The summed E-state index contributed by atoms with van der Waals surface area (Å²) in [6, 6.07) is 12.3. The molecular formula is C15H19NO2. The summed E-state index contributed by atoms with van der Waals surface area (Å²) in [7, 11) is 1.70. The molecule has 0 fully saturated rings. The summed E-state index contributed by atoms with van der Waals surface area (Å²) >= 11 is 0. The minimum Gasteiger partial charge on any atom is -0.496 e. The molecule has 1 atom stereocenters. The molecule has 0 spiro atoms. The van der Waals surface area contributed by atoms with Gasteiger partial charge in [0.2, 0.25) is 0 Å². The van der Waals surface area contributed by atoms with Crippen LogP contribution < -0.4 is 10.1 Å². The van der Waals surface area contributed by atoms with Crippen LogP contribution in [0.1, 0.15) is 18.2 Å². The molecule has 0 radical (unpaired) electrons. The highest BCUT2D eigenvalue weighted by molar-refractivity contribution is 5.33. The third kappa shape index (κ3) is 3.37. The van der Waals surface area contributed by atoms with Crippen molar-refractivity contribution in [1.29, 1.82) is 0 Å². The summed E-state index contributed by atoms with van der Waals surface area (Å²) < 4.78 is 10.7. The van der Waals surface area contributed by atoms with Crippen LogP contribution in [0.2, 0.25) is 0 Å².